The van der Waals surface area contributed by atoms with E-state index in [4.69, 9.17) is 5.73 Å². The highest BCUT2D eigenvalue weighted by Gasteiger charge is 2.12. The third-order valence-electron chi connectivity index (χ3n) is 2.45. The van der Waals surface area contributed by atoms with Crippen LogP contribution in [0.25, 0.3) is 11.5 Å². The molecule has 7 nitrogen and oxygen atoms in total. The molecule has 0 aliphatic rings. The number of aryl methyl sites for hydroxylation is 2. The molecule has 0 aliphatic carbocycles. The average Bonchev–Trinajstić information content (AvgIpc) is 2.83. The van der Waals surface area contributed by atoms with Crippen LogP contribution < -0.4 is 5.73 Å². The van der Waals surface area contributed by atoms with Gasteiger partial charge in [-0.25, -0.2) is 15.0 Å². The number of nitrogens with zero attached hydrogens (tertiary/aromatic N) is 6. The molecule has 0 aliphatic heterocycles. The lowest BCUT2D eigenvalue weighted by Gasteiger charge is -2.05. The molecular formula is C10H11N7. The first-order valence-electron chi connectivity index (χ1n) is 5.15. The fraction of sp³-hybridized carbons (Fsp3) is 0.200. The maximum Gasteiger partial charge on any atom is 0.201 e. The summed E-state index contributed by atoms with van der Waals surface area (Å²) in [4.78, 5) is 12.8. The van der Waals surface area contributed by atoms with Gasteiger partial charge in [-0.15, -0.1) is 5.10 Å². The maximum atomic E-state index is 5.76. The van der Waals surface area contributed by atoms with Crippen molar-refractivity contribution in [2.24, 2.45) is 0 Å². The Morgan fingerprint density at radius 1 is 1.24 bits per heavy atom. The molecule has 0 aromatic carbocycles. The van der Waals surface area contributed by atoms with Crippen molar-refractivity contribution in [2.45, 2.75) is 13.8 Å². The van der Waals surface area contributed by atoms with Gasteiger partial charge in [0.25, 0.3) is 0 Å². The van der Waals surface area contributed by atoms with Crippen LogP contribution >= 0.6 is 0 Å². The minimum absolute atomic E-state index is 0.415. The van der Waals surface area contributed by atoms with Crippen molar-refractivity contribution < 1.29 is 0 Å². The van der Waals surface area contributed by atoms with Crippen LogP contribution in [0, 0.1) is 13.8 Å². The third-order valence-corrected chi connectivity index (χ3v) is 2.45. The number of nitrogen functional groups attached to an aromatic ring is 1. The van der Waals surface area contributed by atoms with E-state index in [1.54, 1.807) is 17.1 Å². The molecule has 0 spiro atoms. The van der Waals surface area contributed by atoms with Crippen molar-refractivity contribution in [1.82, 2.24) is 29.1 Å². The number of rotatable bonds is 1. The molecule has 3 aromatic rings. The van der Waals surface area contributed by atoms with E-state index < -0.39 is 0 Å². The van der Waals surface area contributed by atoms with Gasteiger partial charge in [-0.3, -0.25) is 0 Å². The standard InChI is InChI=1S/C10H11N7/c1-6-13-7(2)17(15-6)10-9-12-3-4-16(9)5-8(11)14-10/h3-5H,11H2,1-2H3. The fourth-order valence-electron chi connectivity index (χ4n) is 1.80. The summed E-state index contributed by atoms with van der Waals surface area (Å²) in [5.41, 5.74) is 6.46. The van der Waals surface area contributed by atoms with Gasteiger partial charge >= 0.3 is 0 Å². The van der Waals surface area contributed by atoms with Crippen molar-refractivity contribution in [3.8, 4) is 5.82 Å². The molecule has 0 unspecified atom stereocenters. The largest absolute Gasteiger partial charge is 0.382 e. The molecule has 0 saturated carbocycles. The van der Waals surface area contributed by atoms with E-state index in [1.165, 1.54) is 0 Å². The van der Waals surface area contributed by atoms with E-state index >= 15 is 0 Å². The minimum Gasteiger partial charge on any atom is -0.382 e. The second-order valence-corrected chi connectivity index (χ2v) is 3.77. The van der Waals surface area contributed by atoms with Crippen LogP contribution in [0.15, 0.2) is 18.6 Å². The number of anilines is 1. The summed E-state index contributed by atoms with van der Waals surface area (Å²) < 4.78 is 3.46. The van der Waals surface area contributed by atoms with E-state index in [0.29, 0.717) is 23.1 Å². The van der Waals surface area contributed by atoms with Crippen molar-refractivity contribution >= 4 is 11.5 Å². The topological polar surface area (TPSA) is 86.9 Å². The minimum atomic E-state index is 0.415. The van der Waals surface area contributed by atoms with Crippen LogP contribution in [-0.4, -0.2) is 29.1 Å². The van der Waals surface area contributed by atoms with Gasteiger partial charge in [-0.05, 0) is 13.8 Å². The van der Waals surface area contributed by atoms with Gasteiger partial charge in [0.05, 0.1) is 6.20 Å². The Morgan fingerprint density at radius 3 is 2.76 bits per heavy atom. The number of aromatic nitrogens is 6. The molecule has 0 bridgehead atoms. The predicted octanol–water partition coefficient (Wildman–Crippen LogP) is 0.509. The Hall–Kier alpha value is -2.44. The summed E-state index contributed by atoms with van der Waals surface area (Å²) in [5, 5.41) is 4.29. The van der Waals surface area contributed by atoms with Crippen LogP contribution in [0.2, 0.25) is 0 Å². The van der Waals surface area contributed by atoms with Crippen LogP contribution in [0.1, 0.15) is 11.6 Å². The zero-order valence-corrected chi connectivity index (χ0v) is 9.49. The summed E-state index contributed by atoms with van der Waals surface area (Å²) in [5.74, 6) is 2.45. The highest BCUT2D eigenvalue weighted by atomic mass is 15.4. The van der Waals surface area contributed by atoms with Gasteiger partial charge in [-0.2, -0.15) is 4.68 Å². The monoisotopic (exact) mass is 229 g/mol. The third kappa shape index (κ3) is 1.43. The Kier molecular flexibility index (Phi) is 1.88. The first-order valence-corrected chi connectivity index (χ1v) is 5.15. The van der Waals surface area contributed by atoms with E-state index in [1.807, 2.05) is 24.4 Å². The lowest BCUT2D eigenvalue weighted by atomic mass is 10.5. The Balaban J connectivity index is 2.36. The summed E-state index contributed by atoms with van der Waals surface area (Å²) in [6.07, 6.45) is 5.22. The van der Waals surface area contributed by atoms with Crippen molar-refractivity contribution in [1.29, 1.82) is 0 Å². The maximum absolute atomic E-state index is 5.76. The van der Waals surface area contributed by atoms with E-state index in [0.717, 1.165) is 5.82 Å². The molecule has 0 amide bonds. The molecular weight excluding hydrogens is 218 g/mol. The molecule has 86 valence electrons. The van der Waals surface area contributed by atoms with Crippen LogP contribution in [-0.2, 0) is 0 Å². The highest BCUT2D eigenvalue weighted by Crippen LogP contribution is 2.14. The first kappa shape index (κ1) is 9.76. The average molecular weight is 229 g/mol. The van der Waals surface area contributed by atoms with Gasteiger partial charge in [0.2, 0.25) is 5.82 Å². The lowest BCUT2D eigenvalue weighted by molar-refractivity contribution is 0.802. The Labute approximate surface area is 96.9 Å². The summed E-state index contributed by atoms with van der Waals surface area (Å²) in [6, 6.07) is 0. The number of hydrogen-bond donors (Lipinski definition) is 1. The quantitative estimate of drug-likeness (QED) is 0.657. The SMILES string of the molecule is Cc1nc(C)n(-c2nc(N)cn3ccnc23)n1. The van der Waals surface area contributed by atoms with Gasteiger partial charge in [-0.1, -0.05) is 0 Å². The second-order valence-electron chi connectivity index (χ2n) is 3.77. The van der Waals surface area contributed by atoms with Gasteiger partial charge in [0, 0.05) is 12.4 Å². The normalized spacial score (nSPS) is 11.2. The molecule has 0 atom stereocenters. The van der Waals surface area contributed by atoms with Gasteiger partial charge < -0.3 is 10.1 Å². The predicted molar refractivity (Wildman–Crippen MR) is 61.8 cm³/mol. The first-order chi connectivity index (χ1) is 8.15. The van der Waals surface area contributed by atoms with Crippen LogP contribution in [0.5, 0.6) is 0 Å². The van der Waals surface area contributed by atoms with E-state index in [-0.39, 0.29) is 0 Å². The fourth-order valence-corrected chi connectivity index (χ4v) is 1.80. The van der Waals surface area contributed by atoms with Crippen molar-refractivity contribution in [3.63, 3.8) is 0 Å². The molecule has 3 aromatic heterocycles. The molecule has 17 heavy (non-hydrogen) atoms. The molecule has 0 fully saturated rings. The zero-order valence-electron chi connectivity index (χ0n) is 9.49. The number of fused-ring (bicyclic) bond motifs is 1. The smallest absolute Gasteiger partial charge is 0.201 e. The van der Waals surface area contributed by atoms with Crippen molar-refractivity contribution in [2.75, 3.05) is 5.73 Å². The summed E-state index contributed by atoms with van der Waals surface area (Å²) in [7, 11) is 0. The van der Waals surface area contributed by atoms with Gasteiger partial charge in [0.15, 0.2) is 5.65 Å². The van der Waals surface area contributed by atoms with Crippen LogP contribution in [0.4, 0.5) is 5.82 Å². The van der Waals surface area contributed by atoms with E-state index in [9.17, 15) is 0 Å². The molecule has 3 rings (SSSR count). The molecule has 2 N–H and O–H groups in total. The van der Waals surface area contributed by atoms with Crippen molar-refractivity contribution in [3.05, 3.63) is 30.2 Å². The highest BCUT2D eigenvalue weighted by molar-refractivity contribution is 5.57. The summed E-state index contributed by atoms with van der Waals surface area (Å²) in [6.45, 7) is 3.70. The number of imidazole rings is 1. The molecule has 7 heteroatoms. The Morgan fingerprint density at radius 2 is 2.06 bits per heavy atom. The zero-order chi connectivity index (χ0) is 12.0. The van der Waals surface area contributed by atoms with Gasteiger partial charge in [0.1, 0.15) is 17.5 Å². The molecule has 0 saturated heterocycles. The number of hydrogen-bond acceptors (Lipinski definition) is 5. The van der Waals surface area contributed by atoms with E-state index in [2.05, 4.69) is 20.1 Å². The molecule has 3 heterocycles. The summed E-state index contributed by atoms with van der Waals surface area (Å²) >= 11 is 0. The number of nitrogens with two attached hydrogens (primary N) is 1. The lowest BCUT2D eigenvalue weighted by Crippen LogP contribution is -2.07. The molecule has 0 radical (unpaired) electrons. The second kappa shape index (κ2) is 3.27. The van der Waals surface area contributed by atoms with Crippen LogP contribution in [0.3, 0.4) is 0 Å². The Bertz CT molecular complexity index is 694.